The molecule has 2 atom stereocenters. The van der Waals surface area contributed by atoms with E-state index in [1.807, 2.05) is 7.05 Å². The molecular weight excluding hydrogens is 256 g/mol. The first-order chi connectivity index (χ1) is 10.2. The molecule has 0 spiro atoms. The van der Waals surface area contributed by atoms with Gasteiger partial charge in [-0.1, -0.05) is 54.6 Å². The Hall–Kier alpha value is -1.64. The zero-order chi connectivity index (χ0) is 15.1. The van der Waals surface area contributed by atoms with Gasteiger partial charge in [0, 0.05) is 12.1 Å². The van der Waals surface area contributed by atoms with E-state index in [1.54, 1.807) is 0 Å². The van der Waals surface area contributed by atoms with Gasteiger partial charge in [-0.3, -0.25) is 0 Å². The molecule has 0 unspecified atom stereocenters. The van der Waals surface area contributed by atoms with Crippen molar-refractivity contribution < 1.29 is 0 Å². The van der Waals surface area contributed by atoms with E-state index < -0.39 is 0 Å². The molecule has 0 saturated carbocycles. The number of rotatable bonds is 7. The quantitative estimate of drug-likeness (QED) is 0.806. The van der Waals surface area contributed by atoms with Crippen LogP contribution in [0.3, 0.4) is 0 Å². The molecule has 0 bridgehead atoms. The third kappa shape index (κ3) is 4.69. The van der Waals surface area contributed by atoms with Gasteiger partial charge in [0.05, 0.1) is 0 Å². The van der Waals surface area contributed by atoms with Gasteiger partial charge in [0.15, 0.2) is 0 Å². The molecule has 0 aliphatic carbocycles. The Morgan fingerprint density at radius 1 is 0.857 bits per heavy atom. The summed E-state index contributed by atoms with van der Waals surface area (Å²) in [4.78, 5) is 0. The highest BCUT2D eigenvalue weighted by molar-refractivity contribution is 5.27. The predicted octanol–water partition coefficient (Wildman–Crippen LogP) is 3.86. The van der Waals surface area contributed by atoms with Gasteiger partial charge in [0.25, 0.3) is 0 Å². The van der Waals surface area contributed by atoms with E-state index in [9.17, 15) is 0 Å². The summed E-state index contributed by atoms with van der Waals surface area (Å²) in [6.45, 7) is 5.47. The molecule has 2 N–H and O–H groups in total. The molecule has 2 heteroatoms. The fourth-order valence-electron chi connectivity index (χ4n) is 2.60. The van der Waals surface area contributed by atoms with Crippen LogP contribution in [-0.4, -0.2) is 13.6 Å². The molecule has 0 aliphatic heterocycles. The molecule has 0 saturated heterocycles. The highest BCUT2D eigenvalue weighted by atomic mass is 14.9. The second-order valence-electron chi connectivity index (χ2n) is 5.62. The smallest absolute Gasteiger partial charge is 0.0297 e. The first kappa shape index (κ1) is 15.7. The zero-order valence-electron chi connectivity index (χ0n) is 13.3. The number of hydrogen-bond donors (Lipinski definition) is 2. The van der Waals surface area contributed by atoms with Crippen molar-refractivity contribution in [3.05, 3.63) is 71.3 Å². The highest BCUT2D eigenvalue weighted by Crippen LogP contribution is 2.20. The van der Waals surface area contributed by atoms with E-state index in [2.05, 4.69) is 79.1 Å². The standard InChI is InChI=1S/C19H26N2/c1-15(18-9-5-4-6-10-18)21-16(2)19-11-7-8-17(14-19)12-13-20-3/h4-11,14-16,20-21H,12-13H2,1-3H3/t15-,16-/m0/s1. The van der Waals surface area contributed by atoms with Crippen LogP contribution in [0.25, 0.3) is 0 Å². The molecule has 2 nitrogen and oxygen atoms in total. The topological polar surface area (TPSA) is 24.1 Å². The number of benzene rings is 2. The van der Waals surface area contributed by atoms with Crippen LogP contribution < -0.4 is 10.6 Å². The van der Waals surface area contributed by atoms with E-state index in [0.717, 1.165) is 13.0 Å². The molecule has 0 radical (unpaired) electrons. The summed E-state index contributed by atoms with van der Waals surface area (Å²) in [5.41, 5.74) is 4.07. The van der Waals surface area contributed by atoms with Gasteiger partial charge >= 0.3 is 0 Å². The van der Waals surface area contributed by atoms with Crippen LogP contribution in [0.5, 0.6) is 0 Å². The normalized spacial score (nSPS) is 13.9. The largest absolute Gasteiger partial charge is 0.319 e. The Labute approximate surface area is 128 Å². The monoisotopic (exact) mass is 282 g/mol. The third-order valence-electron chi connectivity index (χ3n) is 3.91. The van der Waals surface area contributed by atoms with Crippen LogP contribution in [0.4, 0.5) is 0 Å². The van der Waals surface area contributed by atoms with Crippen molar-refractivity contribution in [1.82, 2.24) is 10.6 Å². The van der Waals surface area contributed by atoms with Crippen molar-refractivity contribution in [3.8, 4) is 0 Å². The Morgan fingerprint density at radius 2 is 1.52 bits per heavy atom. The van der Waals surface area contributed by atoms with Gasteiger partial charge in [0.2, 0.25) is 0 Å². The molecule has 0 heterocycles. The van der Waals surface area contributed by atoms with Gasteiger partial charge in [-0.05, 0) is 50.6 Å². The van der Waals surface area contributed by atoms with Crippen LogP contribution >= 0.6 is 0 Å². The van der Waals surface area contributed by atoms with Crippen LogP contribution in [0.2, 0.25) is 0 Å². The van der Waals surface area contributed by atoms with Gasteiger partial charge < -0.3 is 10.6 Å². The van der Waals surface area contributed by atoms with Gasteiger partial charge in [-0.25, -0.2) is 0 Å². The average Bonchev–Trinajstić information content (AvgIpc) is 2.54. The van der Waals surface area contributed by atoms with E-state index in [-0.39, 0.29) is 0 Å². The van der Waals surface area contributed by atoms with Crippen LogP contribution in [0.15, 0.2) is 54.6 Å². The molecule has 2 rings (SSSR count). The molecule has 2 aromatic carbocycles. The minimum absolute atomic E-state index is 0.342. The van der Waals surface area contributed by atoms with Crippen LogP contribution in [0.1, 0.15) is 42.6 Å². The molecule has 112 valence electrons. The summed E-state index contributed by atoms with van der Waals surface area (Å²) < 4.78 is 0. The number of hydrogen-bond acceptors (Lipinski definition) is 2. The lowest BCUT2D eigenvalue weighted by Crippen LogP contribution is -2.22. The molecule has 0 amide bonds. The molecule has 21 heavy (non-hydrogen) atoms. The van der Waals surface area contributed by atoms with Gasteiger partial charge in [0.1, 0.15) is 0 Å². The van der Waals surface area contributed by atoms with Crippen molar-refractivity contribution >= 4 is 0 Å². The molecule has 0 fully saturated rings. The summed E-state index contributed by atoms with van der Waals surface area (Å²) in [7, 11) is 2.00. The Kier molecular flexibility index (Phi) is 5.97. The van der Waals surface area contributed by atoms with Crippen molar-refractivity contribution in [2.75, 3.05) is 13.6 Å². The maximum absolute atomic E-state index is 3.68. The molecule has 0 aliphatic rings. The van der Waals surface area contributed by atoms with Crippen LogP contribution in [0, 0.1) is 0 Å². The number of likely N-dealkylation sites (N-methyl/N-ethyl adjacent to an activating group) is 1. The number of nitrogens with one attached hydrogen (secondary N) is 2. The minimum Gasteiger partial charge on any atom is -0.319 e. The maximum Gasteiger partial charge on any atom is 0.0297 e. The average molecular weight is 282 g/mol. The third-order valence-corrected chi connectivity index (χ3v) is 3.91. The summed E-state index contributed by atoms with van der Waals surface area (Å²) >= 11 is 0. The maximum atomic E-state index is 3.68. The van der Waals surface area contributed by atoms with Crippen molar-refractivity contribution in [1.29, 1.82) is 0 Å². The molecule has 0 aromatic heterocycles. The first-order valence-electron chi connectivity index (χ1n) is 7.75. The van der Waals surface area contributed by atoms with Crippen molar-refractivity contribution in [2.45, 2.75) is 32.4 Å². The summed E-state index contributed by atoms with van der Waals surface area (Å²) in [5.74, 6) is 0. The van der Waals surface area contributed by atoms with E-state index in [4.69, 9.17) is 0 Å². The SMILES string of the molecule is CNCCc1cccc([C@H](C)N[C@@H](C)c2ccccc2)c1. The molecular formula is C19H26N2. The Morgan fingerprint density at radius 3 is 2.24 bits per heavy atom. The Balaban J connectivity index is 2.01. The lowest BCUT2D eigenvalue weighted by Gasteiger charge is -2.21. The fourth-order valence-corrected chi connectivity index (χ4v) is 2.60. The summed E-state index contributed by atoms with van der Waals surface area (Å²) in [5, 5.41) is 6.88. The van der Waals surface area contributed by atoms with E-state index >= 15 is 0 Å². The first-order valence-corrected chi connectivity index (χ1v) is 7.75. The second-order valence-corrected chi connectivity index (χ2v) is 5.62. The predicted molar refractivity (Wildman–Crippen MR) is 90.5 cm³/mol. The Bertz CT molecular complexity index is 536. The highest BCUT2D eigenvalue weighted by Gasteiger charge is 2.11. The lowest BCUT2D eigenvalue weighted by molar-refractivity contribution is 0.494. The summed E-state index contributed by atoms with van der Waals surface area (Å²) in [6.07, 6.45) is 1.07. The zero-order valence-corrected chi connectivity index (χ0v) is 13.3. The van der Waals surface area contributed by atoms with E-state index in [1.165, 1.54) is 16.7 Å². The van der Waals surface area contributed by atoms with Crippen molar-refractivity contribution in [3.63, 3.8) is 0 Å². The van der Waals surface area contributed by atoms with Crippen LogP contribution in [-0.2, 0) is 6.42 Å². The fraction of sp³-hybridized carbons (Fsp3) is 0.368. The van der Waals surface area contributed by atoms with E-state index in [0.29, 0.717) is 12.1 Å². The van der Waals surface area contributed by atoms with Gasteiger partial charge in [-0.15, -0.1) is 0 Å². The second kappa shape index (κ2) is 7.96. The minimum atomic E-state index is 0.342. The summed E-state index contributed by atoms with van der Waals surface area (Å²) in [6, 6.07) is 20.2. The molecule has 2 aromatic rings. The van der Waals surface area contributed by atoms with Gasteiger partial charge in [-0.2, -0.15) is 0 Å². The lowest BCUT2D eigenvalue weighted by atomic mass is 10.0. The van der Waals surface area contributed by atoms with Crippen molar-refractivity contribution in [2.24, 2.45) is 0 Å².